The fourth-order valence-electron chi connectivity index (χ4n) is 11.6. The SMILES string of the molecule is BrCc1ccccc1.[2H]C([2H])([2H])N1CCN2c3ncccc3Cc3ccccc3C2C1.c1ccc(CN2CCN3c4ncccc4Cc4ccccc4C3C2)cc1.c1ccc2c(c1)Cc1cccnc1N1CCNCC21. The lowest BCUT2D eigenvalue weighted by atomic mass is 9.96. The topological polar surface area (TPSA) is 66.9 Å². The van der Waals surface area contributed by atoms with Gasteiger partial charge in [-0.05, 0) is 86.4 Å². The van der Waals surface area contributed by atoms with E-state index in [0.29, 0.717) is 31.7 Å². The van der Waals surface area contributed by atoms with E-state index in [1.807, 2.05) is 55.0 Å². The Labute approximate surface area is 444 Å². The van der Waals surface area contributed by atoms with E-state index in [9.17, 15) is 0 Å². The molecular formula is C63H66BrN9. The summed E-state index contributed by atoms with van der Waals surface area (Å²) < 4.78 is 23.2. The number of aromatic nitrogens is 3. The molecule has 0 bridgehead atoms. The Hall–Kier alpha value is -6.69. The number of piperazine rings is 3. The molecule has 0 saturated carbocycles. The minimum atomic E-state index is -2.04. The molecule has 370 valence electrons. The summed E-state index contributed by atoms with van der Waals surface area (Å²) in [5.41, 5.74) is 14.9. The lowest BCUT2D eigenvalue weighted by Crippen LogP contribution is -2.48. The number of hydrogen-bond acceptors (Lipinski definition) is 9. The molecule has 6 aliphatic rings. The molecule has 14 rings (SSSR count). The second kappa shape index (κ2) is 23.0. The Morgan fingerprint density at radius 2 is 0.904 bits per heavy atom. The van der Waals surface area contributed by atoms with Crippen molar-refractivity contribution in [3.63, 3.8) is 0 Å². The summed E-state index contributed by atoms with van der Waals surface area (Å²) in [4.78, 5) is 25.5. The molecule has 5 aromatic carbocycles. The van der Waals surface area contributed by atoms with Crippen molar-refractivity contribution in [2.24, 2.45) is 0 Å². The number of benzene rings is 5. The van der Waals surface area contributed by atoms with Gasteiger partial charge in [0.15, 0.2) is 0 Å². The zero-order valence-corrected chi connectivity index (χ0v) is 43.1. The molecule has 3 unspecified atom stereocenters. The van der Waals surface area contributed by atoms with Crippen LogP contribution in [0.2, 0.25) is 0 Å². The quantitative estimate of drug-likeness (QED) is 0.174. The number of pyridine rings is 3. The molecule has 3 saturated heterocycles. The van der Waals surface area contributed by atoms with E-state index < -0.39 is 6.98 Å². The minimum absolute atomic E-state index is 0.0384. The summed E-state index contributed by atoms with van der Waals surface area (Å²) in [5.74, 6) is 3.34. The highest BCUT2D eigenvalue weighted by atomic mass is 79.9. The number of fused-ring (bicyclic) bond motifs is 15. The average Bonchev–Trinajstić information content (AvgIpc) is 3.83. The molecule has 8 aromatic rings. The highest BCUT2D eigenvalue weighted by molar-refractivity contribution is 9.08. The third-order valence-corrected chi connectivity index (χ3v) is 15.8. The van der Waals surface area contributed by atoms with Gasteiger partial charge in [-0.15, -0.1) is 0 Å². The summed E-state index contributed by atoms with van der Waals surface area (Å²) in [6.07, 6.45) is 8.48. The molecule has 9 nitrogen and oxygen atoms in total. The maximum atomic E-state index is 7.74. The van der Waals surface area contributed by atoms with Crippen LogP contribution in [0.5, 0.6) is 0 Å². The van der Waals surface area contributed by atoms with Crippen LogP contribution in [0.25, 0.3) is 0 Å². The van der Waals surface area contributed by atoms with E-state index in [2.05, 4.69) is 184 Å². The molecule has 1 N–H and O–H groups in total. The molecule has 10 heteroatoms. The van der Waals surface area contributed by atoms with Crippen molar-refractivity contribution in [2.45, 2.75) is 49.3 Å². The van der Waals surface area contributed by atoms with Crippen LogP contribution in [0, 0.1) is 0 Å². The third kappa shape index (κ3) is 11.0. The van der Waals surface area contributed by atoms with Gasteiger partial charge in [-0.25, -0.2) is 15.0 Å². The lowest BCUT2D eigenvalue weighted by Gasteiger charge is -2.42. The highest BCUT2D eigenvalue weighted by Gasteiger charge is 2.35. The van der Waals surface area contributed by atoms with Gasteiger partial charge in [0.05, 0.1) is 18.1 Å². The van der Waals surface area contributed by atoms with Crippen LogP contribution < -0.4 is 20.0 Å². The Balaban J connectivity index is 0.000000114. The molecule has 0 radical (unpaired) electrons. The number of nitrogens with zero attached hydrogens (tertiary/aromatic N) is 8. The van der Waals surface area contributed by atoms with Gasteiger partial charge in [0.25, 0.3) is 0 Å². The van der Waals surface area contributed by atoms with E-state index in [0.717, 1.165) is 76.2 Å². The first-order valence-electron chi connectivity index (χ1n) is 27.5. The number of halogens is 1. The summed E-state index contributed by atoms with van der Waals surface area (Å²) in [6, 6.07) is 60.7. The third-order valence-electron chi connectivity index (χ3n) is 15.1. The zero-order chi connectivity index (χ0) is 51.8. The molecule has 3 aromatic heterocycles. The van der Waals surface area contributed by atoms with Gasteiger partial charge in [0, 0.05) is 113 Å². The Morgan fingerprint density at radius 3 is 1.41 bits per heavy atom. The van der Waals surface area contributed by atoms with Gasteiger partial charge >= 0.3 is 0 Å². The Bertz CT molecular complexity index is 3140. The number of hydrogen-bond donors (Lipinski definition) is 1. The van der Waals surface area contributed by atoms with Gasteiger partial charge in [0.2, 0.25) is 0 Å². The fraction of sp³-hybridized carbons (Fsp3) is 0.286. The number of rotatable bonds is 3. The molecular weight excluding hydrogens is 963 g/mol. The fourth-order valence-corrected chi connectivity index (χ4v) is 12.0. The summed E-state index contributed by atoms with van der Waals surface area (Å²) in [7, 11) is 0. The van der Waals surface area contributed by atoms with Crippen molar-refractivity contribution in [1.82, 2.24) is 30.1 Å². The minimum Gasteiger partial charge on any atom is -0.347 e. The van der Waals surface area contributed by atoms with Crippen molar-refractivity contribution in [1.29, 1.82) is 0 Å². The second-order valence-electron chi connectivity index (χ2n) is 19.7. The Kier molecular flexibility index (Phi) is 14.2. The van der Waals surface area contributed by atoms with Crippen LogP contribution in [-0.2, 0) is 31.1 Å². The van der Waals surface area contributed by atoms with Crippen LogP contribution in [0.4, 0.5) is 17.5 Å². The molecule has 6 aliphatic heterocycles. The predicted octanol–water partition coefficient (Wildman–Crippen LogP) is 11.2. The van der Waals surface area contributed by atoms with Crippen molar-refractivity contribution < 1.29 is 4.11 Å². The maximum Gasteiger partial charge on any atom is 0.132 e. The number of likely N-dealkylation sites (N-methyl/N-ethyl adjacent to an activating group) is 1. The van der Waals surface area contributed by atoms with Crippen LogP contribution >= 0.6 is 15.9 Å². The van der Waals surface area contributed by atoms with E-state index in [4.69, 9.17) is 9.10 Å². The highest BCUT2D eigenvalue weighted by Crippen LogP contribution is 2.40. The summed E-state index contributed by atoms with van der Waals surface area (Å²) in [6.45, 7) is 6.91. The van der Waals surface area contributed by atoms with E-state index in [1.165, 1.54) is 72.8 Å². The first-order valence-corrected chi connectivity index (χ1v) is 27.1. The van der Waals surface area contributed by atoms with Gasteiger partial charge in [0.1, 0.15) is 17.5 Å². The molecule has 3 fully saturated rings. The van der Waals surface area contributed by atoms with Crippen molar-refractivity contribution in [3.8, 4) is 0 Å². The molecule has 3 atom stereocenters. The zero-order valence-electron chi connectivity index (χ0n) is 44.5. The molecule has 73 heavy (non-hydrogen) atoms. The van der Waals surface area contributed by atoms with Gasteiger partial charge in [-0.1, -0.05) is 168 Å². The van der Waals surface area contributed by atoms with Gasteiger partial charge in [-0.2, -0.15) is 0 Å². The van der Waals surface area contributed by atoms with Gasteiger partial charge < -0.3 is 24.9 Å². The van der Waals surface area contributed by atoms with E-state index >= 15 is 0 Å². The van der Waals surface area contributed by atoms with Crippen molar-refractivity contribution in [3.05, 3.63) is 250 Å². The Morgan fingerprint density at radius 1 is 0.466 bits per heavy atom. The first-order chi connectivity index (χ1) is 37.3. The van der Waals surface area contributed by atoms with Crippen molar-refractivity contribution >= 4 is 33.4 Å². The number of alkyl halides is 1. The normalized spacial score (nSPS) is 20.0. The molecule has 0 amide bonds. The van der Waals surface area contributed by atoms with E-state index in [1.54, 1.807) is 4.90 Å². The van der Waals surface area contributed by atoms with Gasteiger partial charge in [-0.3, -0.25) is 4.90 Å². The maximum absolute atomic E-state index is 7.74. The van der Waals surface area contributed by atoms with Crippen LogP contribution in [0.3, 0.4) is 0 Å². The molecule has 0 aliphatic carbocycles. The van der Waals surface area contributed by atoms with Crippen molar-refractivity contribution in [2.75, 3.05) is 80.6 Å². The standard InChI is InChI=1S/C23H23N3.C17H19N3.C16H17N3.C7H7Br/c1-2-7-18(8-3-1)16-25-13-14-26-22(17-25)21-11-5-4-9-19(21)15-20-10-6-12-24-23(20)26;1-19-9-10-20-16(12-19)15-7-3-2-5-13(15)11-14-6-4-8-18-17(14)20;1-2-6-14-12(4-1)10-13-5-3-7-18-16(13)19-9-8-17-11-15(14)19;8-6-7-4-2-1-3-5-7/h1-12,22H,13-17H2;2-8,16H,9-12H2,1H3;1-7,15,17H,8-11H2;1-5H,6H2/i;1D3;;. The largest absolute Gasteiger partial charge is 0.347 e. The number of anilines is 3. The lowest BCUT2D eigenvalue weighted by molar-refractivity contribution is 0.215. The van der Waals surface area contributed by atoms with Crippen LogP contribution in [0.15, 0.2) is 188 Å². The summed E-state index contributed by atoms with van der Waals surface area (Å²) in [5, 5.41) is 4.47. The number of nitrogens with one attached hydrogen (secondary N) is 1. The van der Waals surface area contributed by atoms with E-state index in [-0.39, 0.29) is 6.04 Å². The predicted molar refractivity (Wildman–Crippen MR) is 302 cm³/mol. The molecule has 9 heterocycles. The smallest absolute Gasteiger partial charge is 0.132 e. The average molecular weight is 1030 g/mol. The second-order valence-corrected chi connectivity index (χ2v) is 20.3. The first kappa shape index (κ1) is 45.0. The summed E-state index contributed by atoms with van der Waals surface area (Å²) >= 11 is 3.36. The molecule has 0 spiro atoms. The van der Waals surface area contributed by atoms with Crippen LogP contribution in [0.1, 0.15) is 83.4 Å². The van der Waals surface area contributed by atoms with Crippen LogP contribution in [-0.4, -0.2) is 90.6 Å². The monoisotopic (exact) mass is 1030 g/mol.